The molecule has 0 spiro atoms. The molecule has 2 aromatic rings. The van der Waals surface area contributed by atoms with Gasteiger partial charge in [-0.05, 0) is 12.1 Å². The molecule has 2 aliphatic rings. The number of benzene rings is 1. The van der Waals surface area contributed by atoms with Crippen LogP contribution in [0.2, 0.25) is 0 Å². The van der Waals surface area contributed by atoms with Crippen LogP contribution >= 0.6 is 12.4 Å². The molecule has 0 bridgehead atoms. The van der Waals surface area contributed by atoms with Crippen molar-refractivity contribution in [1.29, 1.82) is 0 Å². The van der Waals surface area contributed by atoms with E-state index in [-0.39, 0.29) is 36.1 Å². The molecule has 1 aromatic heterocycles. The number of carbonyl (C=O) groups is 2. The largest absolute Gasteiger partial charge is 0.465 e. The number of likely N-dealkylation sites (tertiary alicyclic amines) is 1. The molecule has 23 heavy (non-hydrogen) atoms. The smallest absolute Gasteiger partial charge is 0.311 e. The van der Waals surface area contributed by atoms with Crippen LogP contribution in [0.15, 0.2) is 24.3 Å². The van der Waals surface area contributed by atoms with Gasteiger partial charge in [0.15, 0.2) is 0 Å². The van der Waals surface area contributed by atoms with Gasteiger partial charge in [0.2, 0.25) is 5.91 Å². The number of hydrogen-bond acceptors (Lipinski definition) is 4. The van der Waals surface area contributed by atoms with E-state index >= 15 is 0 Å². The zero-order chi connectivity index (χ0) is 15.1. The van der Waals surface area contributed by atoms with Crippen molar-refractivity contribution in [3.63, 3.8) is 0 Å². The van der Waals surface area contributed by atoms with E-state index in [2.05, 4.69) is 9.97 Å². The van der Waals surface area contributed by atoms with E-state index < -0.39 is 0 Å². The van der Waals surface area contributed by atoms with Gasteiger partial charge in [-0.2, -0.15) is 0 Å². The number of cyclic esters (lactones) is 1. The summed E-state index contributed by atoms with van der Waals surface area (Å²) >= 11 is 0. The number of aromatic nitrogens is 2. The Balaban J connectivity index is 0.00000156. The van der Waals surface area contributed by atoms with E-state index in [1.807, 2.05) is 24.3 Å². The third kappa shape index (κ3) is 2.91. The minimum absolute atomic E-state index is 0. The topological polar surface area (TPSA) is 75.3 Å². The minimum Gasteiger partial charge on any atom is -0.465 e. The van der Waals surface area contributed by atoms with Gasteiger partial charge < -0.3 is 14.6 Å². The van der Waals surface area contributed by atoms with Gasteiger partial charge in [0.25, 0.3) is 0 Å². The molecular formula is C16H18ClN3O3. The van der Waals surface area contributed by atoms with Gasteiger partial charge in [-0.15, -0.1) is 12.4 Å². The first-order valence-corrected chi connectivity index (χ1v) is 7.59. The number of amides is 1. The second-order valence-corrected chi connectivity index (χ2v) is 6.00. The number of carbonyl (C=O) groups excluding carboxylic acids is 2. The van der Waals surface area contributed by atoms with Crippen molar-refractivity contribution >= 4 is 35.3 Å². The average Bonchev–Trinajstić information content (AvgIpc) is 3.20. The monoisotopic (exact) mass is 335 g/mol. The van der Waals surface area contributed by atoms with E-state index in [1.54, 1.807) is 4.90 Å². The van der Waals surface area contributed by atoms with Gasteiger partial charge in [0.1, 0.15) is 5.82 Å². The average molecular weight is 336 g/mol. The summed E-state index contributed by atoms with van der Waals surface area (Å²) in [5.74, 6) is 0.825. The van der Waals surface area contributed by atoms with Crippen molar-refractivity contribution in [3.8, 4) is 0 Å². The Kier molecular flexibility index (Phi) is 4.26. The Morgan fingerprint density at radius 2 is 2.17 bits per heavy atom. The van der Waals surface area contributed by atoms with Crippen LogP contribution in [-0.4, -0.2) is 46.4 Å². The number of aromatic amines is 1. The number of H-pyrrole nitrogens is 1. The van der Waals surface area contributed by atoms with E-state index in [9.17, 15) is 9.59 Å². The van der Waals surface area contributed by atoms with Crippen LogP contribution in [0.3, 0.4) is 0 Å². The van der Waals surface area contributed by atoms with Crippen LogP contribution in [0.5, 0.6) is 0 Å². The first-order chi connectivity index (χ1) is 10.7. The summed E-state index contributed by atoms with van der Waals surface area (Å²) in [6.45, 7) is 1.59. The van der Waals surface area contributed by atoms with Gasteiger partial charge in [-0.3, -0.25) is 9.59 Å². The second-order valence-electron chi connectivity index (χ2n) is 6.00. The lowest BCUT2D eigenvalue weighted by molar-refractivity contribution is -0.142. The summed E-state index contributed by atoms with van der Waals surface area (Å²) in [7, 11) is 0. The third-order valence-corrected chi connectivity index (χ3v) is 4.55. The second kappa shape index (κ2) is 6.20. The highest BCUT2D eigenvalue weighted by molar-refractivity contribution is 5.85. The van der Waals surface area contributed by atoms with Crippen LogP contribution in [0.4, 0.5) is 0 Å². The van der Waals surface area contributed by atoms with Crippen LogP contribution in [0.25, 0.3) is 11.0 Å². The van der Waals surface area contributed by atoms with Gasteiger partial charge in [0.05, 0.1) is 23.6 Å². The molecule has 122 valence electrons. The van der Waals surface area contributed by atoms with E-state index in [0.717, 1.165) is 16.9 Å². The van der Waals surface area contributed by atoms with Gasteiger partial charge >= 0.3 is 5.97 Å². The van der Waals surface area contributed by atoms with Crippen molar-refractivity contribution in [3.05, 3.63) is 30.1 Å². The Labute approximate surface area is 139 Å². The molecular weight excluding hydrogens is 318 g/mol. The molecule has 2 fully saturated rings. The Morgan fingerprint density at radius 1 is 1.35 bits per heavy atom. The molecule has 0 aliphatic carbocycles. The molecule has 0 radical (unpaired) electrons. The number of fused-ring (bicyclic) bond motifs is 2. The Hall–Kier alpha value is -2.08. The molecule has 7 heteroatoms. The van der Waals surface area contributed by atoms with E-state index in [4.69, 9.17) is 4.74 Å². The summed E-state index contributed by atoms with van der Waals surface area (Å²) < 4.78 is 5.02. The molecule has 1 N–H and O–H groups in total. The lowest BCUT2D eigenvalue weighted by atomic mass is 10.0. The van der Waals surface area contributed by atoms with Gasteiger partial charge in [0, 0.05) is 31.8 Å². The summed E-state index contributed by atoms with van der Waals surface area (Å²) in [5.41, 5.74) is 1.91. The minimum atomic E-state index is -0.155. The maximum atomic E-state index is 12.3. The van der Waals surface area contributed by atoms with Crippen molar-refractivity contribution in [1.82, 2.24) is 14.9 Å². The summed E-state index contributed by atoms with van der Waals surface area (Å²) in [6.07, 6.45) is 0.998. The highest BCUT2D eigenvalue weighted by Gasteiger charge is 2.45. The predicted octanol–water partition coefficient (Wildman–Crippen LogP) is 1.55. The molecule has 6 nitrogen and oxygen atoms in total. The first-order valence-electron chi connectivity index (χ1n) is 7.59. The SMILES string of the molecule is Cl.O=C1OC[C@H]2CN(C(=O)CCc3nc4ccccc4[nH]3)C[C@@H]12. The third-order valence-electron chi connectivity index (χ3n) is 4.55. The van der Waals surface area contributed by atoms with Crippen molar-refractivity contribution in [2.45, 2.75) is 12.8 Å². The summed E-state index contributed by atoms with van der Waals surface area (Å²) in [6, 6.07) is 7.82. The molecule has 0 saturated carbocycles. The lowest BCUT2D eigenvalue weighted by Gasteiger charge is -2.16. The number of rotatable bonds is 3. The van der Waals surface area contributed by atoms with Crippen molar-refractivity contribution in [2.75, 3.05) is 19.7 Å². The predicted molar refractivity (Wildman–Crippen MR) is 86.2 cm³/mol. The fraction of sp³-hybridized carbons (Fsp3) is 0.438. The number of halogens is 1. The molecule has 2 aliphatic heterocycles. The standard InChI is InChI=1S/C16H17N3O3.ClH/c20-15(19-7-10-9-22-16(21)11(10)8-19)6-5-14-17-12-3-1-2-4-13(12)18-14;/h1-4,10-11H,5-9H2,(H,17,18);1H/t10-,11-;/m1./s1. The fourth-order valence-electron chi connectivity index (χ4n) is 3.31. The zero-order valence-electron chi connectivity index (χ0n) is 12.5. The number of aryl methyl sites for hydroxylation is 1. The molecule has 0 unspecified atom stereocenters. The normalized spacial score (nSPS) is 22.8. The fourth-order valence-corrected chi connectivity index (χ4v) is 3.31. The zero-order valence-corrected chi connectivity index (χ0v) is 13.3. The number of para-hydroxylation sites is 2. The summed E-state index contributed by atoms with van der Waals surface area (Å²) in [5, 5.41) is 0. The highest BCUT2D eigenvalue weighted by Crippen LogP contribution is 2.30. The number of hydrogen-bond donors (Lipinski definition) is 1. The number of imidazole rings is 1. The van der Waals surface area contributed by atoms with Crippen LogP contribution in [-0.2, 0) is 20.7 Å². The van der Waals surface area contributed by atoms with Crippen molar-refractivity contribution in [2.24, 2.45) is 11.8 Å². The first kappa shape index (κ1) is 15.8. The van der Waals surface area contributed by atoms with E-state index in [0.29, 0.717) is 32.5 Å². The number of nitrogens with zero attached hydrogens (tertiary/aromatic N) is 2. The van der Waals surface area contributed by atoms with E-state index in [1.165, 1.54) is 0 Å². The number of esters is 1. The Morgan fingerprint density at radius 3 is 2.96 bits per heavy atom. The lowest BCUT2D eigenvalue weighted by Crippen LogP contribution is -2.31. The van der Waals surface area contributed by atoms with Crippen LogP contribution in [0.1, 0.15) is 12.2 Å². The molecule has 2 saturated heterocycles. The summed E-state index contributed by atoms with van der Waals surface area (Å²) in [4.78, 5) is 33.3. The van der Waals surface area contributed by atoms with Gasteiger partial charge in [-0.1, -0.05) is 12.1 Å². The number of ether oxygens (including phenoxy) is 1. The molecule has 2 atom stereocenters. The van der Waals surface area contributed by atoms with Crippen LogP contribution < -0.4 is 0 Å². The molecule has 1 aromatic carbocycles. The molecule has 4 rings (SSSR count). The quantitative estimate of drug-likeness (QED) is 0.863. The van der Waals surface area contributed by atoms with Gasteiger partial charge in [-0.25, -0.2) is 4.98 Å². The number of nitrogens with one attached hydrogen (secondary N) is 1. The van der Waals surface area contributed by atoms with Crippen molar-refractivity contribution < 1.29 is 14.3 Å². The maximum Gasteiger partial charge on any atom is 0.311 e. The van der Waals surface area contributed by atoms with Crippen LogP contribution in [0, 0.1) is 11.8 Å². The Bertz CT molecular complexity index is 712. The molecule has 3 heterocycles. The highest BCUT2D eigenvalue weighted by atomic mass is 35.5. The molecule has 1 amide bonds. The maximum absolute atomic E-state index is 12.3.